The van der Waals surface area contributed by atoms with Gasteiger partial charge in [-0.05, 0) is 42.0 Å². The van der Waals surface area contributed by atoms with Crippen molar-refractivity contribution in [2.45, 2.75) is 13.1 Å². The summed E-state index contributed by atoms with van der Waals surface area (Å²) in [5, 5.41) is 7.49. The molecule has 30 heavy (non-hydrogen) atoms. The van der Waals surface area contributed by atoms with Crippen LogP contribution in [0.4, 0.5) is 21.6 Å². The highest BCUT2D eigenvalue weighted by Crippen LogP contribution is 2.27. The average molecular weight is 402 g/mol. The number of rotatable bonds is 7. The second kappa shape index (κ2) is 8.69. The lowest BCUT2D eigenvalue weighted by Crippen LogP contribution is -2.05. The van der Waals surface area contributed by atoms with Crippen molar-refractivity contribution in [1.82, 2.24) is 4.98 Å². The number of nitrogens with zero attached hydrogens (tertiary/aromatic N) is 1. The number of nitrogens with one attached hydrogen (secondary N) is 2. The molecule has 4 N–H and O–H groups in total. The van der Waals surface area contributed by atoms with Gasteiger partial charge in [-0.15, -0.1) is 0 Å². The van der Waals surface area contributed by atoms with Gasteiger partial charge in [0.2, 0.25) is 0 Å². The highest BCUT2D eigenvalue weighted by molar-refractivity contribution is 5.94. The van der Waals surface area contributed by atoms with Crippen LogP contribution in [0.3, 0.4) is 0 Å². The number of methoxy groups -OCH3 is 1. The number of benzene rings is 3. The molecule has 1 heterocycles. The molecule has 0 aliphatic rings. The third-order valence-corrected chi connectivity index (χ3v) is 4.88. The Hall–Kier alpha value is -3.80. The summed E-state index contributed by atoms with van der Waals surface area (Å²) in [6.07, 6.45) is 0. The zero-order chi connectivity index (χ0) is 20.9. The summed E-state index contributed by atoms with van der Waals surface area (Å²) < 4.78 is 18.9. The molecule has 0 spiro atoms. The van der Waals surface area contributed by atoms with Gasteiger partial charge in [0.15, 0.2) is 0 Å². The van der Waals surface area contributed by atoms with E-state index in [1.165, 1.54) is 17.7 Å². The quantitative estimate of drug-likeness (QED) is 0.397. The van der Waals surface area contributed by atoms with E-state index in [-0.39, 0.29) is 5.82 Å². The largest absolute Gasteiger partial charge is 0.496 e. The Morgan fingerprint density at radius 1 is 0.933 bits per heavy atom. The maximum absolute atomic E-state index is 13.6. The van der Waals surface area contributed by atoms with Gasteiger partial charge in [-0.3, -0.25) is 0 Å². The van der Waals surface area contributed by atoms with Crippen molar-refractivity contribution in [3.05, 3.63) is 89.7 Å². The zero-order valence-electron chi connectivity index (χ0n) is 16.7. The molecule has 4 rings (SSSR count). The topological polar surface area (TPSA) is 72.2 Å². The Labute approximate surface area is 174 Å². The maximum atomic E-state index is 13.6. The Bertz CT molecular complexity index is 1160. The van der Waals surface area contributed by atoms with Gasteiger partial charge in [-0.2, -0.15) is 0 Å². The fraction of sp³-hybridized carbons (Fsp3) is 0.125. The van der Waals surface area contributed by atoms with Crippen molar-refractivity contribution < 1.29 is 9.13 Å². The highest BCUT2D eigenvalue weighted by atomic mass is 19.1. The van der Waals surface area contributed by atoms with Crippen LogP contribution in [0, 0.1) is 5.82 Å². The molecule has 0 radical (unpaired) electrons. The summed E-state index contributed by atoms with van der Waals surface area (Å²) in [5.74, 6) is 0.928. The number of fused-ring (bicyclic) bond motifs is 1. The number of halogens is 1. The van der Waals surface area contributed by atoms with Crippen molar-refractivity contribution in [3.8, 4) is 5.75 Å². The maximum Gasteiger partial charge on any atom is 0.128 e. The van der Waals surface area contributed by atoms with Crippen molar-refractivity contribution in [1.29, 1.82) is 0 Å². The molecule has 152 valence electrons. The minimum absolute atomic E-state index is 0.311. The predicted octanol–water partition coefficient (Wildman–Crippen LogP) is 5.19. The number of nitrogen functional groups attached to an aromatic ring is 1. The van der Waals surface area contributed by atoms with Gasteiger partial charge in [0, 0.05) is 41.5 Å². The van der Waals surface area contributed by atoms with E-state index in [1.54, 1.807) is 19.2 Å². The van der Waals surface area contributed by atoms with E-state index in [1.807, 2.05) is 36.4 Å². The molecular formula is C24H23FN4O. The Morgan fingerprint density at radius 3 is 2.57 bits per heavy atom. The number of hydrogen-bond acceptors (Lipinski definition) is 5. The summed E-state index contributed by atoms with van der Waals surface area (Å²) in [7, 11) is 1.56. The van der Waals surface area contributed by atoms with Crippen LogP contribution in [0.1, 0.15) is 11.1 Å². The van der Waals surface area contributed by atoms with Crippen molar-refractivity contribution in [2.24, 2.45) is 0 Å². The standard InChI is InChI=1S/C24H23FN4O/c1-30-23-10-7-18(25)11-17(23)15-28-24-13-21(26)20-12-19(8-9-22(20)29-24)27-14-16-5-3-2-4-6-16/h2-13,27H,14-15H2,1H3,(H3,26,28,29). The SMILES string of the molecule is COc1ccc(F)cc1CNc1cc(N)c2cc(NCc3ccccc3)ccc2n1. The lowest BCUT2D eigenvalue weighted by Gasteiger charge is -2.13. The molecule has 0 aliphatic heterocycles. The van der Waals surface area contributed by atoms with Gasteiger partial charge in [-0.25, -0.2) is 9.37 Å². The third kappa shape index (κ3) is 4.43. The molecule has 0 unspecified atom stereocenters. The molecule has 5 nitrogen and oxygen atoms in total. The lowest BCUT2D eigenvalue weighted by molar-refractivity contribution is 0.409. The minimum atomic E-state index is -0.311. The van der Waals surface area contributed by atoms with Gasteiger partial charge in [-0.1, -0.05) is 30.3 Å². The van der Waals surface area contributed by atoms with Crippen LogP contribution in [0.15, 0.2) is 72.8 Å². The van der Waals surface area contributed by atoms with E-state index in [9.17, 15) is 4.39 Å². The number of nitrogens with two attached hydrogens (primary N) is 1. The summed E-state index contributed by atoms with van der Waals surface area (Å²) in [6, 6.07) is 22.3. The first kappa shape index (κ1) is 19.5. The Balaban J connectivity index is 1.50. The predicted molar refractivity (Wildman–Crippen MR) is 120 cm³/mol. The number of anilines is 3. The van der Waals surface area contributed by atoms with E-state index >= 15 is 0 Å². The summed E-state index contributed by atoms with van der Waals surface area (Å²) in [5.41, 5.74) is 10.6. The Morgan fingerprint density at radius 2 is 1.77 bits per heavy atom. The van der Waals surface area contributed by atoms with Gasteiger partial charge in [0.05, 0.1) is 12.6 Å². The molecular weight excluding hydrogens is 379 g/mol. The summed E-state index contributed by atoms with van der Waals surface area (Å²) in [4.78, 5) is 4.63. The van der Waals surface area contributed by atoms with Crippen LogP contribution >= 0.6 is 0 Å². The third-order valence-electron chi connectivity index (χ3n) is 4.88. The summed E-state index contributed by atoms with van der Waals surface area (Å²) in [6.45, 7) is 1.10. The van der Waals surface area contributed by atoms with Gasteiger partial charge in [0.1, 0.15) is 17.4 Å². The molecule has 0 amide bonds. The molecule has 4 aromatic rings. The van der Waals surface area contributed by atoms with Gasteiger partial charge in [0.25, 0.3) is 0 Å². The highest BCUT2D eigenvalue weighted by Gasteiger charge is 2.08. The first-order chi connectivity index (χ1) is 14.6. The number of hydrogen-bond donors (Lipinski definition) is 3. The van der Waals surface area contributed by atoms with Crippen LogP contribution in [0.5, 0.6) is 5.75 Å². The van der Waals surface area contributed by atoms with Crippen LogP contribution < -0.4 is 21.1 Å². The first-order valence-corrected chi connectivity index (χ1v) is 9.67. The molecule has 0 bridgehead atoms. The molecule has 6 heteroatoms. The lowest BCUT2D eigenvalue weighted by atomic mass is 10.1. The van der Waals surface area contributed by atoms with E-state index in [2.05, 4.69) is 27.8 Å². The molecule has 0 aliphatic carbocycles. The van der Waals surface area contributed by atoms with Crippen molar-refractivity contribution >= 4 is 28.1 Å². The van der Waals surface area contributed by atoms with Crippen molar-refractivity contribution in [2.75, 3.05) is 23.5 Å². The minimum Gasteiger partial charge on any atom is -0.496 e. The first-order valence-electron chi connectivity index (χ1n) is 9.67. The normalized spacial score (nSPS) is 10.7. The second-order valence-corrected chi connectivity index (χ2v) is 6.98. The summed E-state index contributed by atoms with van der Waals surface area (Å²) >= 11 is 0. The fourth-order valence-electron chi connectivity index (χ4n) is 3.32. The van der Waals surface area contributed by atoms with Crippen LogP contribution in [-0.2, 0) is 13.1 Å². The molecule has 0 atom stereocenters. The smallest absolute Gasteiger partial charge is 0.128 e. The van der Waals surface area contributed by atoms with Crippen molar-refractivity contribution in [3.63, 3.8) is 0 Å². The molecule has 3 aromatic carbocycles. The molecule has 0 fully saturated rings. The van der Waals surface area contributed by atoms with E-state index in [0.29, 0.717) is 29.4 Å². The molecule has 1 aromatic heterocycles. The number of aromatic nitrogens is 1. The number of ether oxygens (including phenoxy) is 1. The van der Waals surface area contributed by atoms with Gasteiger partial charge < -0.3 is 21.1 Å². The fourth-order valence-corrected chi connectivity index (χ4v) is 3.32. The van der Waals surface area contributed by atoms with Gasteiger partial charge >= 0.3 is 0 Å². The monoisotopic (exact) mass is 402 g/mol. The van der Waals surface area contributed by atoms with E-state index in [0.717, 1.165) is 23.1 Å². The molecule has 0 saturated carbocycles. The van der Waals surface area contributed by atoms with Crippen LogP contribution in [0.25, 0.3) is 10.9 Å². The van der Waals surface area contributed by atoms with Crippen LogP contribution in [-0.4, -0.2) is 12.1 Å². The zero-order valence-corrected chi connectivity index (χ0v) is 16.7. The average Bonchev–Trinajstić information content (AvgIpc) is 2.77. The number of pyridine rings is 1. The van der Waals surface area contributed by atoms with Crippen LogP contribution in [0.2, 0.25) is 0 Å². The molecule has 0 saturated heterocycles. The Kier molecular flexibility index (Phi) is 5.66. The van der Waals surface area contributed by atoms with E-state index in [4.69, 9.17) is 10.5 Å². The van der Waals surface area contributed by atoms with E-state index < -0.39 is 0 Å². The second-order valence-electron chi connectivity index (χ2n) is 6.98.